The molecule has 1 aromatic carbocycles. The van der Waals surface area contributed by atoms with E-state index in [1.807, 2.05) is 0 Å². The maximum Gasteiger partial charge on any atom is 0.471 e. The number of hydrogen-bond donors (Lipinski definition) is 2. The molecule has 2 N–H and O–H groups in total. The molecule has 0 saturated heterocycles. The number of nitrogens with one attached hydrogen (secondary N) is 1. The molecule has 1 amide bonds. The van der Waals surface area contributed by atoms with Gasteiger partial charge in [0.15, 0.2) is 0 Å². The largest absolute Gasteiger partial charge is 0.471 e. The first-order valence-corrected chi connectivity index (χ1v) is 5.50. The van der Waals surface area contributed by atoms with Crippen LogP contribution in [0.2, 0.25) is 0 Å². The molecule has 0 aliphatic heterocycles. The van der Waals surface area contributed by atoms with Crippen molar-refractivity contribution in [2.75, 3.05) is 5.32 Å². The highest BCUT2D eigenvalue weighted by molar-refractivity contribution is 7.85. The van der Waals surface area contributed by atoms with E-state index in [0.717, 1.165) is 24.3 Å². The van der Waals surface area contributed by atoms with Crippen LogP contribution in [0.1, 0.15) is 0 Å². The summed E-state index contributed by atoms with van der Waals surface area (Å²) < 4.78 is 65.4. The third-order valence-corrected chi connectivity index (χ3v) is 2.54. The summed E-state index contributed by atoms with van der Waals surface area (Å²) in [6.07, 6.45) is -5.03. The number of rotatable bonds is 2. The van der Waals surface area contributed by atoms with Gasteiger partial charge in [-0.25, -0.2) is 0 Å². The van der Waals surface area contributed by atoms with Crippen molar-refractivity contribution in [3.05, 3.63) is 24.3 Å². The number of benzene rings is 1. The highest BCUT2D eigenvalue weighted by Crippen LogP contribution is 2.19. The summed E-state index contributed by atoms with van der Waals surface area (Å²) in [7, 11) is -4.41. The molecule has 0 aliphatic carbocycles. The summed E-state index contributed by atoms with van der Waals surface area (Å²) in [4.78, 5) is 10.0. The molecule has 0 aromatic heterocycles. The maximum absolute atomic E-state index is 11.9. The molecule has 9 heteroatoms. The molecule has 0 saturated carbocycles. The number of amides is 1. The molecule has 17 heavy (non-hydrogen) atoms. The molecule has 1 rings (SSSR count). The Balaban J connectivity index is 2.87. The van der Waals surface area contributed by atoms with E-state index in [0.29, 0.717) is 0 Å². The predicted octanol–water partition coefficient (Wildman–Crippen LogP) is 1.43. The van der Waals surface area contributed by atoms with Gasteiger partial charge in [0.25, 0.3) is 10.1 Å². The molecule has 0 radical (unpaired) electrons. The van der Waals surface area contributed by atoms with Gasteiger partial charge in [-0.05, 0) is 24.3 Å². The van der Waals surface area contributed by atoms with E-state index in [4.69, 9.17) is 4.55 Å². The van der Waals surface area contributed by atoms with Crippen molar-refractivity contribution in [1.29, 1.82) is 0 Å². The van der Waals surface area contributed by atoms with Gasteiger partial charge in [-0.1, -0.05) is 0 Å². The van der Waals surface area contributed by atoms with E-state index in [1.165, 1.54) is 5.32 Å². The topological polar surface area (TPSA) is 83.5 Å². The van der Waals surface area contributed by atoms with Crippen LogP contribution in [0, 0.1) is 0 Å². The van der Waals surface area contributed by atoms with Gasteiger partial charge in [0.2, 0.25) is 0 Å². The van der Waals surface area contributed by atoms with Gasteiger partial charge >= 0.3 is 12.1 Å². The van der Waals surface area contributed by atoms with Crippen LogP contribution in [0.4, 0.5) is 18.9 Å². The SMILES string of the molecule is O=C(Nc1ccc(S(=O)(=O)O)cc1)C(F)(F)F. The summed E-state index contributed by atoms with van der Waals surface area (Å²) in [5.74, 6) is -2.17. The summed E-state index contributed by atoms with van der Waals surface area (Å²) in [6.45, 7) is 0. The first-order chi connectivity index (χ1) is 7.60. The predicted molar refractivity (Wildman–Crippen MR) is 50.9 cm³/mol. The van der Waals surface area contributed by atoms with E-state index < -0.39 is 27.1 Å². The van der Waals surface area contributed by atoms with E-state index in [1.54, 1.807) is 0 Å². The standard InChI is InChI=1S/C8H6F3NO4S/c9-8(10,11)7(13)12-5-1-3-6(4-2-5)17(14,15)16/h1-4H,(H,12,13)(H,14,15,16). The van der Waals surface area contributed by atoms with Gasteiger partial charge < -0.3 is 5.32 Å². The van der Waals surface area contributed by atoms with Crippen LogP contribution in [0.25, 0.3) is 0 Å². The van der Waals surface area contributed by atoms with Crippen molar-refractivity contribution in [2.45, 2.75) is 11.1 Å². The average molecular weight is 269 g/mol. The lowest BCUT2D eigenvalue weighted by atomic mass is 10.3. The molecular weight excluding hydrogens is 263 g/mol. The van der Waals surface area contributed by atoms with Crippen LogP contribution in [0.5, 0.6) is 0 Å². The number of carbonyl (C=O) groups is 1. The van der Waals surface area contributed by atoms with Gasteiger partial charge in [-0.2, -0.15) is 21.6 Å². The van der Waals surface area contributed by atoms with Crippen molar-refractivity contribution < 1.29 is 30.9 Å². The Hall–Kier alpha value is -1.61. The fourth-order valence-electron chi connectivity index (χ4n) is 0.912. The van der Waals surface area contributed by atoms with Gasteiger partial charge in [-0.15, -0.1) is 0 Å². The van der Waals surface area contributed by atoms with Crippen LogP contribution in [-0.4, -0.2) is 25.1 Å². The normalized spacial score (nSPS) is 12.2. The Morgan fingerprint density at radius 2 is 1.65 bits per heavy atom. The lowest BCUT2D eigenvalue weighted by Gasteiger charge is -2.07. The third-order valence-electron chi connectivity index (χ3n) is 1.67. The summed E-state index contributed by atoms with van der Waals surface area (Å²) in [5.41, 5.74) is -0.236. The third kappa shape index (κ3) is 3.71. The zero-order valence-corrected chi connectivity index (χ0v) is 8.84. The molecule has 94 valence electrons. The first kappa shape index (κ1) is 13.5. The fourth-order valence-corrected chi connectivity index (χ4v) is 1.39. The quantitative estimate of drug-likeness (QED) is 0.795. The molecule has 0 spiro atoms. The molecule has 0 fully saturated rings. The first-order valence-electron chi connectivity index (χ1n) is 4.06. The van der Waals surface area contributed by atoms with Crippen LogP contribution in [-0.2, 0) is 14.9 Å². The number of carbonyl (C=O) groups excluding carboxylic acids is 1. The Morgan fingerprint density at radius 1 is 1.18 bits per heavy atom. The highest BCUT2D eigenvalue weighted by atomic mass is 32.2. The van der Waals surface area contributed by atoms with Crippen molar-refractivity contribution in [2.24, 2.45) is 0 Å². The van der Waals surface area contributed by atoms with E-state index >= 15 is 0 Å². The summed E-state index contributed by atoms with van der Waals surface area (Å²) >= 11 is 0. The molecule has 0 atom stereocenters. The minimum absolute atomic E-state index is 0.236. The lowest BCUT2D eigenvalue weighted by molar-refractivity contribution is -0.167. The summed E-state index contributed by atoms with van der Waals surface area (Å²) in [6, 6.07) is 3.57. The zero-order chi connectivity index (χ0) is 13.3. The Labute approximate surface area is 94.0 Å². The van der Waals surface area contributed by atoms with Gasteiger partial charge in [0.1, 0.15) is 0 Å². The van der Waals surface area contributed by atoms with Gasteiger partial charge in [-0.3, -0.25) is 9.35 Å². The van der Waals surface area contributed by atoms with E-state index in [-0.39, 0.29) is 5.69 Å². The van der Waals surface area contributed by atoms with Crippen molar-refractivity contribution in [3.63, 3.8) is 0 Å². The molecule has 0 unspecified atom stereocenters. The average Bonchev–Trinajstić information content (AvgIpc) is 2.15. The second-order valence-electron chi connectivity index (χ2n) is 2.95. The van der Waals surface area contributed by atoms with Crippen LogP contribution in [0.15, 0.2) is 29.2 Å². The van der Waals surface area contributed by atoms with Crippen LogP contribution in [0.3, 0.4) is 0 Å². The Bertz CT molecular complexity index is 521. The van der Waals surface area contributed by atoms with E-state index in [2.05, 4.69) is 0 Å². The molecular formula is C8H6F3NO4S. The molecule has 0 aliphatic rings. The summed E-state index contributed by atoms with van der Waals surface area (Å²) in [5, 5.41) is 1.52. The molecule has 5 nitrogen and oxygen atoms in total. The number of alkyl halides is 3. The zero-order valence-electron chi connectivity index (χ0n) is 8.02. The molecule has 0 heterocycles. The van der Waals surface area contributed by atoms with Crippen LogP contribution >= 0.6 is 0 Å². The van der Waals surface area contributed by atoms with Crippen molar-refractivity contribution in [1.82, 2.24) is 0 Å². The number of halogens is 3. The van der Waals surface area contributed by atoms with Crippen molar-refractivity contribution in [3.8, 4) is 0 Å². The van der Waals surface area contributed by atoms with Crippen molar-refractivity contribution >= 4 is 21.7 Å². The van der Waals surface area contributed by atoms with Gasteiger partial charge in [0.05, 0.1) is 4.90 Å². The number of anilines is 1. The second-order valence-corrected chi connectivity index (χ2v) is 4.37. The molecule has 1 aromatic rings. The Kier molecular flexibility index (Phi) is 3.43. The minimum Gasteiger partial charge on any atom is -0.318 e. The number of hydrogen-bond acceptors (Lipinski definition) is 3. The minimum atomic E-state index is -5.03. The fraction of sp³-hybridized carbons (Fsp3) is 0.125. The smallest absolute Gasteiger partial charge is 0.318 e. The van der Waals surface area contributed by atoms with E-state index in [9.17, 15) is 26.4 Å². The lowest BCUT2D eigenvalue weighted by Crippen LogP contribution is -2.29. The second kappa shape index (κ2) is 4.34. The highest BCUT2D eigenvalue weighted by Gasteiger charge is 2.38. The maximum atomic E-state index is 11.9. The monoisotopic (exact) mass is 269 g/mol. The Morgan fingerprint density at radius 3 is 2.00 bits per heavy atom. The molecule has 0 bridgehead atoms. The van der Waals surface area contributed by atoms with Gasteiger partial charge in [0, 0.05) is 5.69 Å². The van der Waals surface area contributed by atoms with Crippen LogP contribution < -0.4 is 5.32 Å².